The van der Waals surface area contributed by atoms with Crippen molar-refractivity contribution in [1.82, 2.24) is 9.71 Å². The minimum absolute atomic E-state index is 0.170. The first kappa shape index (κ1) is 16.4. The zero-order valence-electron chi connectivity index (χ0n) is 13.5. The van der Waals surface area contributed by atoms with E-state index in [2.05, 4.69) is 15.8 Å². The molecule has 3 rings (SSSR count). The number of pyridine rings is 1. The third-order valence-corrected chi connectivity index (χ3v) is 5.55. The molecule has 2 aromatic rings. The van der Waals surface area contributed by atoms with Crippen LogP contribution in [0.2, 0.25) is 0 Å². The second-order valence-electron chi connectivity index (χ2n) is 5.99. The molecular weight excluding hydrogens is 324 g/mol. The Morgan fingerprint density at radius 2 is 1.92 bits per heavy atom. The van der Waals surface area contributed by atoms with Gasteiger partial charge in [-0.25, -0.2) is 13.1 Å². The molecular formula is C17H18N4O2S. The van der Waals surface area contributed by atoms with Gasteiger partial charge in [0.15, 0.2) is 0 Å². The molecule has 1 aliphatic heterocycles. The summed E-state index contributed by atoms with van der Waals surface area (Å²) in [6.45, 7) is 4.84. The smallest absolute Gasteiger partial charge is 0.240 e. The number of hydrogen-bond donors (Lipinski definition) is 1. The van der Waals surface area contributed by atoms with E-state index < -0.39 is 10.0 Å². The fraction of sp³-hybridized carbons (Fsp3) is 0.294. The van der Waals surface area contributed by atoms with Gasteiger partial charge in [-0.2, -0.15) is 5.26 Å². The predicted octanol–water partition coefficient (Wildman–Crippen LogP) is 1.74. The van der Waals surface area contributed by atoms with Crippen molar-refractivity contribution in [3.8, 4) is 6.07 Å². The van der Waals surface area contributed by atoms with Crippen molar-refractivity contribution < 1.29 is 8.42 Å². The first-order valence-electron chi connectivity index (χ1n) is 7.60. The maximum Gasteiger partial charge on any atom is 0.240 e. The minimum atomic E-state index is -3.52. The van der Waals surface area contributed by atoms with Gasteiger partial charge < -0.3 is 4.90 Å². The molecule has 6 nitrogen and oxygen atoms in total. The summed E-state index contributed by atoms with van der Waals surface area (Å²) in [6, 6.07) is 10.6. The lowest BCUT2D eigenvalue weighted by atomic mass is 10.1. The fourth-order valence-electron chi connectivity index (χ4n) is 2.65. The van der Waals surface area contributed by atoms with E-state index in [9.17, 15) is 13.7 Å². The number of benzene rings is 1. The first-order valence-corrected chi connectivity index (χ1v) is 9.08. The van der Waals surface area contributed by atoms with Crippen molar-refractivity contribution in [3.05, 3.63) is 53.3 Å². The quantitative estimate of drug-likeness (QED) is 0.914. The van der Waals surface area contributed by atoms with E-state index >= 15 is 0 Å². The highest BCUT2D eigenvalue weighted by Gasteiger charge is 2.32. The van der Waals surface area contributed by atoms with Crippen LogP contribution in [0.4, 0.5) is 5.69 Å². The number of nitrogens with zero attached hydrogens (tertiary/aromatic N) is 3. The van der Waals surface area contributed by atoms with Crippen LogP contribution in [-0.4, -0.2) is 32.5 Å². The van der Waals surface area contributed by atoms with Gasteiger partial charge >= 0.3 is 0 Å². The Labute approximate surface area is 141 Å². The van der Waals surface area contributed by atoms with Gasteiger partial charge in [0, 0.05) is 25.0 Å². The third-order valence-electron chi connectivity index (χ3n) is 4.01. The van der Waals surface area contributed by atoms with Crippen LogP contribution in [0.25, 0.3) is 0 Å². The van der Waals surface area contributed by atoms with Crippen LogP contribution >= 0.6 is 0 Å². The Morgan fingerprint density at radius 1 is 1.25 bits per heavy atom. The van der Waals surface area contributed by atoms with Gasteiger partial charge in [-0.3, -0.25) is 4.98 Å². The molecule has 0 bridgehead atoms. The number of hydrogen-bond acceptors (Lipinski definition) is 5. The van der Waals surface area contributed by atoms with Crippen molar-refractivity contribution in [1.29, 1.82) is 5.26 Å². The van der Waals surface area contributed by atoms with E-state index in [0.717, 1.165) is 16.9 Å². The van der Waals surface area contributed by atoms with Crippen LogP contribution in [0.3, 0.4) is 0 Å². The van der Waals surface area contributed by atoms with Crippen LogP contribution in [-0.2, 0) is 10.0 Å². The number of rotatable bonds is 4. The molecule has 1 aliphatic rings. The molecule has 0 saturated carbocycles. The van der Waals surface area contributed by atoms with Crippen LogP contribution < -0.4 is 9.62 Å². The summed E-state index contributed by atoms with van der Waals surface area (Å²) in [5.74, 6) is 0. The standard InChI is InChI=1S/C17H18N4O2S/c1-12-3-5-16(6-4-12)24(22,23)20-15-10-21(11-15)17-7-13(2)19-9-14(17)8-18/h3-7,9,15,20H,10-11H2,1-2H3. The number of aryl methyl sites for hydroxylation is 2. The van der Waals surface area contributed by atoms with E-state index in [1.807, 2.05) is 24.8 Å². The molecule has 24 heavy (non-hydrogen) atoms. The molecule has 0 radical (unpaired) electrons. The van der Waals surface area contributed by atoms with E-state index in [1.54, 1.807) is 30.5 Å². The lowest BCUT2D eigenvalue weighted by molar-refractivity contribution is 0.469. The Bertz CT molecular complexity index is 895. The van der Waals surface area contributed by atoms with Crippen LogP contribution in [0, 0.1) is 25.2 Å². The molecule has 1 fully saturated rings. The van der Waals surface area contributed by atoms with Gasteiger partial charge in [0.2, 0.25) is 10.0 Å². The fourth-order valence-corrected chi connectivity index (χ4v) is 3.87. The summed E-state index contributed by atoms with van der Waals surface area (Å²) >= 11 is 0. The minimum Gasteiger partial charge on any atom is -0.367 e. The molecule has 2 heterocycles. The predicted molar refractivity (Wildman–Crippen MR) is 91.2 cm³/mol. The molecule has 0 unspecified atom stereocenters. The van der Waals surface area contributed by atoms with Crippen LogP contribution in [0.5, 0.6) is 0 Å². The number of nitrogens with one attached hydrogen (secondary N) is 1. The van der Waals surface area contributed by atoms with E-state index in [1.165, 1.54) is 0 Å². The van der Waals surface area contributed by atoms with Gasteiger partial charge in [0.25, 0.3) is 0 Å². The molecule has 1 saturated heterocycles. The summed E-state index contributed by atoms with van der Waals surface area (Å²) < 4.78 is 27.5. The molecule has 0 atom stereocenters. The number of aromatic nitrogens is 1. The second-order valence-corrected chi connectivity index (χ2v) is 7.70. The van der Waals surface area contributed by atoms with Crippen molar-refractivity contribution in [3.63, 3.8) is 0 Å². The van der Waals surface area contributed by atoms with E-state index in [4.69, 9.17) is 0 Å². The van der Waals surface area contributed by atoms with Gasteiger partial charge in [-0.15, -0.1) is 0 Å². The average Bonchev–Trinajstić information content (AvgIpc) is 2.51. The molecule has 0 aliphatic carbocycles. The topological polar surface area (TPSA) is 86.1 Å². The van der Waals surface area contributed by atoms with Gasteiger partial charge in [-0.1, -0.05) is 17.7 Å². The molecule has 7 heteroatoms. The highest BCUT2D eigenvalue weighted by atomic mass is 32.2. The Balaban J connectivity index is 1.68. The van der Waals surface area contributed by atoms with Gasteiger partial charge in [0.05, 0.1) is 22.2 Å². The third kappa shape index (κ3) is 3.25. The maximum absolute atomic E-state index is 12.4. The van der Waals surface area contributed by atoms with Crippen molar-refractivity contribution >= 4 is 15.7 Å². The summed E-state index contributed by atoms with van der Waals surface area (Å²) in [7, 11) is -3.52. The largest absolute Gasteiger partial charge is 0.367 e. The first-order chi connectivity index (χ1) is 11.4. The van der Waals surface area contributed by atoms with Crippen molar-refractivity contribution in [2.75, 3.05) is 18.0 Å². The summed E-state index contributed by atoms with van der Waals surface area (Å²) in [6.07, 6.45) is 1.55. The van der Waals surface area contributed by atoms with Crippen molar-refractivity contribution in [2.24, 2.45) is 0 Å². The monoisotopic (exact) mass is 342 g/mol. The maximum atomic E-state index is 12.4. The number of nitriles is 1. The molecule has 0 spiro atoms. The normalized spacial score (nSPS) is 15.0. The Kier molecular flexibility index (Phi) is 4.26. The second kappa shape index (κ2) is 6.23. The molecule has 1 aromatic carbocycles. The van der Waals surface area contributed by atoms with Crippen LogP contribution in [0.1, 0.15) is 16.8 Å². The van der Waals surface area contributed by atoms with Crippen LogP contribution in [0.15, 0.2) is 41.4 Å². The Morgan fingerprint density at radius 3 is 2.54 bits per heavy atom. The number of sulfonamides is 1. The lowest BCUT2D eigenvalue weighted by Crippen LogP contribution is -2.59. The average molecular weight is 342 g/mol. The summed E-state index contributed by atoms with van der Waals surface area (Å²) in [5.41, 5.74) is 3.14. The lowest BCUT2D eigenvalue weighted by Gasteiger charge is -2.41. The summed E-state index contributed by atoms with van der Waals surface area (Å²) in [4.78, 5) is 6.37. The molecule has 124 valence electrons. The van der Waals surface area contributed by atoms with Gasteiger partial charge in [-0.05, 0) is 32.0 Å². The summed E-state index contributed by atoms with van der Waals surface area (Å²) in [5, 5.41) is 9.17. The van der Waals surface area contributed by atoms with Gasteiger partial charge in [0.1, 0.15) is 6.07 Å². The molecule has 0 amide bonds. The number of anilines is 1. The highest BCUT2D eigenvalue weighted by molar-refractivity contribution is 7.89. The van der Waals surface area contributed by atoms with Crippen molar-refractivity contribution in [2.45, 2.75) is 24.8 Å². The highest BCUT2D eigenvalue weighted by Crippen LogP contribution is 2.26. The Hall–Kier alpha value is -2.43. The zero-order chi connectivity index (χ0) is 17.3. The van der Waals surface area contributed by atoms with E-state index in [0.29, 0.717) is 18.7 Å². The molecule has 1 aromatic heterocycles. The zero-order valence-corrected chi connectivity index (χ0v) is 14.3. The van der Waals surface area contributed by atoms with E-state index in [-0.39, 0.29) is 10.9 Å². The molecule has 1 N–H and O–H groups in total. The SMILES string of the molecule is Cc1ccc(S(=O)(=O)NC2CN(c3cc(C)ncc3C#N)C2)cc1.